The summed E-state index contributed by atoms with van der Waals surface area (Å²) in [5.41, 5.74) is 0.960. The van der Waals surface area contributed by atoms with E-state index in [-0.39, 0.29) is 18.1 Å². The van der Waals surface area contributed by atoms with Crippen LogP contribution in [0.1, 0.15) is 32.6 Å². The highest BCUT2D eigenvalue weighted by Gasteiger charge is 2.40. The predicted octanol–water partition coefficient (Wildman–Crippen LogP) is 3.33. The Morgan fingerprint density at radius 3 is 2.39 bits per heavy atom. The number of hydrogen-bond acceptors (Lipinski definition) is 4. The third-order valence-corrected chi connectivity index (χ3v) is 5.75. The van der Waals surface area contributed by atoms with Crippen LogP contribution in [0.15, 0.2) is 24.3 Å². The maximum atomic E-state index is 12.5. The van der Waals surface area contributed by atoms with Gasteiger partial charge in [0.1, 0.15) is 12.1 Å². The van der Waals surface area contributed by atoms with Crippen LogP contribution in [0, 0.1) is 0 Å². The van der Waals surface area contributed by atoms with E-state index >= 15 is 0 Å². The summed E-state index contributed by atoms with van der Waals surface area (Å²) in [5.74, 6) is -0.142. The summed E-state index contributed by atoms with van der Waals surface area (Å²) in [6.07, 6.45) is 4.47. The van der Waals surface area contributed by atoms with Gasteiger partial charge in [-0.3, -0.25) is 0 Å². The van der Waals surface area contributed by atoms with E-state index in [2.05, 4.69) is 11.9 Å². The second-order valence-corrected chi connectivity index (χ2v) is 7.28. The highest BCUT2D eigenvalue weighted by Crippen LogP contribution is 2.35. The van der Waals surface area contributed by atoms with E-state index in [4.69, 9.17) is 16.3 Å². The van der Waals surface area contributed by atoms with Crippen LogP contribution in [0.25, 0.3) is 0 Å². The Morgan fingerprint density at radius 1 is 1.26 bits per heavy atom. The van der Waals surface area contributed by atoms with E-state index in [9.17, 15) is 4.79 Å². The van der Waals surface area contributed by atoms with E-state index in [1.165, 1.54) is 12.8 Å². The molecule has 1 aromatic rings. The van der Waals surface area contributed by atoms with Crippen LogP contribution in [0.4, 0.5) is 5.69 Å². The number of likely N-dealkylation sites (N-methyl/N-ethyl adjacent to an activating group) is 1. The molecule has 4 atom stereocenters. The van der Waals surface area contributed by atoms with E-state index in [1.54, 1.807) is 0 Å². The molecule has 2 bridgehead atoms. The van der Waals surface area contributed by atoms with Gasteiger partial charge in [-0.2, -0.15) is 0 Å². The summed E-state index contributed by atoms with van der Waals surface area (Å²) in [6, 6.07) is 8.35. The van der Waals surface area contributed by atoms with Crippen molar-refractivity contribution in [2.24, 2.45) is 0 Å². The van der Waals surface area contributed by atoms with Gasteiger partial charge in [-0.15, -0.1) is 0 Å². The zero-order valence-corrected chi connectivity index (χ0v) is 14.8. The van der Waals surface area contributed by atoms with Gasteiger partial charge < -0.3 is 14.5 Å². The van der Waals surface area contributed by atoms with Gasteiger partial charge in [0.05, 0.1) is 0 Å². The molecule has 2 fully saturated rings. The molecule has 5 heteroatoms. The monoisotopic (exact) mass is 336 g/mol. The lowest BCUT2D eigenvalue weighted by Gasteiger charge is -2.36. The van der Waals surface area contributed by atoms with Gasteiger partial charge in [0, 0.05) is 29.8 Å². The maximum Gasteiger partial charge on any atom is 0.328 e. The molecule has 0 amide bonds. The number of ether oxygens (including phenoxy) is 1. The van der Waals surface area contributed by atoms with E-state index in [1.807, 2.05) is 43.1 Å². The van der Waals surface area contributed by atoms with Gasteiger partial charge >= 0.3 is 5.97 Å². The molecule has 0 N–H and O–H groups in total. The minimum absolute atomic E-state index is 0.0669. The molecule has 0 aromatic heterocycles. The maximum absolute atomic E-state index is 12.5. The van der Waals surface area contributed by atoms with Gasteiger partial charge in [-0.05, 0) is 63.9 Å². The first-order chi connectivity index (χ1) is 11.0. The fourth-order valence-corrected chi connectivity index (χ4v) is 3.90. The first-order valence-electron chi connectivity index (χ1n) is 8.36. The third kappa shape index (κ3) is 3.48. The molecule has 0 aliphatic carbocycles. The molecular formula is C18H25ClN2O2. The number of fused-ring (bicyclic) bond motifs is 2. The summed E-state index contributed by atoms with van der Waals surface area (Å²) in [7, 11) is 4.10. The molecular weight excluding hydrogens is 312 g/mol. The van der Waals surface area contributed by atoms with Crippen molar-refractivity contribution in [1.29, 1.82) is 0 Å². The molecule has 2 aliphatic heterocycles. The molecule has 0 saturated carbocycles. The average molecular weight is 337 g/mol. The Kier molecular flexibility index (Phi) is 4.83. The number of carbonyl (C=O) groups is 1. The first kappa shape index (κ1) is 16.6. The summed E-state index contributed by atoms with van der Waals surface area (Å²) in [6.45, 7) is 1.89. The van der Waals surface area contributed by atoms with Crippen LogP contribution in [0.5, 0.6) is 0 Å². The van der Waals surface area contributed by atoms with Gasteiger partial charge in [-0.25, -0.2) is 4.79 Å². The number of piperidine rings is 1. The van der Waals surface area contributed by atoms with E-state index < -0.39 is 0 Å². The minimum Gasteiger partial charge on any atom is -0.461 e. The molecule has 4 nitrogen and oxygen atoms in total. The van der Waals surface area contributed by atoms with E-state index in [0.717, 1.165) is 18.5 Å². The second kappa shape index (κ2) is 6.70. The Hall–Kier alpha value is -1.26. The molecule has 0 spiro atoms. The number of carbonyl (C=O) groups excluding carboxylic acids is 1. The summed E-state index contributed by atoms with van der Waals surface area (Å²) in [4.78, 5) is 16.9. The van der Waals surface area contributed by atoms with Gasteiger partial charge in [0.15, 0.2) is 0 Å². The number of halogens is 1. The Balaban J connectivity index is 1.58. The SMILES string of the molecule is CC(C(=O)OC1C[C@H]2CC[C@@H](C1)N2C)N(C)c1ccc(Cl)cc1. The molecule has 2 unspecified atom stereocenters. The summed E-state index contributed by atoms with van der Waals surface area (Å²) < 4.78 is 5.82. The fourth-order valence-electron chi connectivity index (χ4n) is 3.78. The van der Waals surface area contributed by atoms with Crippen LogP contribution in [-0.4, -0.2) is 49.2 Å². The van der Waals surface area contributed by atoms with Crippen molar-refractivity contribution in [3.63, 3.8) is 0 Å². The zero-order valence-electron chi connectivity index (χ0n) is 14.0. The Bertz CT molecular complexity index is 549. The van der Waals surface area contributed by atoms with E-state index in [0.29, 0.717) is 17.1 Å². The normalized spacial score (nSPS) is 28.4. The van der Waals surface area contributed by atoms with Gasteiger partial charge in [0.2, 0.25) is 0 Å². The van der Waals surface area contributed by atoms with Crippen LogP contribution >= 0.6 is 11.6 Å². The Labute approximate surface area is 143 Å². The van der Waals surface area contributed by atoms with Crippen molar-refractivity contribution >= 4 is 23.3 Å². The van der Waals surface area contributed by atoms with Gasteiger partial charge in [-0.1, -0.05) is 11.6 Å². The molecule has 23 heavy (non-hydrogen) atoms. The first-order valence-corrected chi connectivity index (χ1v) is 8.74. The van der Waals surface area contributed by atoms with Gasteiger partial charge in [0.25, 0.3) is 0 Å². The average Bonchev–Trinajstić information content (AvgIpc) is 2.75. The number of hydrogen-bond donors (Lipinski definition) is 0. The van der Waals surface area contributed by atoms with Crippen molar-refractivity contribution in [3.8, 4) is 0 Å². The lowest BCUT2D eigenvalue weighted by Crippen LogP contribution is -2.45. The Morgan fingerprint density at radius 2 is 1.83 bits per heavy atom. The number of anilines is 1. The highest BCUT2D eigenvalue weighted by atomic mass is 35.5. The van der Waals surface area contributed by atoms with Crippen LogP contribution in [0.3, 0.4) is 0 Å². The standard InChI is InChI=1S/C18H25ClN2O2/c1-12(20(2)14-6-4-13(19)5-7-14)18(22)23-17-10-15-8-9-16(11-17)21(15)3/h4-7,12,15-17H,8-11H2,1-3H3/t12?,15-,16+,17?. The van der Waals surface area contributed by atoms with Crippen LogP contribution in [-0.2, 0) is 9.53 Å². The summed E-state index contributed by atoms with van der Waals surface area (Å²) in [5, 5.41) is 0.694. The quantitative estimate of drug-likeness (QED) is 0.790. The number of rotatable bonds is 4. The lowest BCUT2D eigenvalue weighted by atomic mass is 10.0. The molecule has 2 aliphatic rings. The highest BCUT2D eigenvalue weighted by molar-refractivity contribution is 6.30. The minimum atomic E-state index is -0.312. The number of esters is 1. The van der Waals surface area contributed by atoms with Crippen molar-refractivity contribution in [2.75, 3.05) is 19.0 Å². The molecule has 126 valence electrons. The van der Waals surface area contributed by atoms with Crippen molar-refractivity contribution in [1.82, 2.24) is 4.90 Å². The van der Waals surface area contributed by atoms with Crippen molar-refractivity contribution in [2.45, 2.75) is 56.8 Å². The molecule has 2 saturated heterocycles. The largest absolute Gasteiger partial charge is 0.461 e. The smallest absolute Gasteiger partial charge is 0.328 e. The molecule has 0 radical (unpaired) electrons. The lowest BCUT2D eigenvalue weighted by molar-refractivity contribution is -0.153. The molecule has 3 rings (SSSR count). The number of nitrogens with zero attached hydrogens (tertiary/aromatic N) is 2. The predicted molar refractivity (Wildman–Crippen MR) is 93.0 cm³/mol. The summed E-state index contributed by atoms with van der Waals surface area (Å²) >= 11 is 5.92. The van der Waals surface area contributed by atoms with Crippen molar-refractivity contribution < 1.29 is 9.53 Å². The van der Waals surface area contributed by atoms with Crippen LogP contribution < -0.4 is 4.90 Å². The number of benzene rings is 1. The topological polar surface area (TPSA) is 32.8 Å². The fraction of sp³-hybridized carbons (Fsp3) is 0.611. The van der Waals surface area contributed by atoms with Crippen LogP contribution in [0.2, 0.25) is 5.02 Å². The zero-order chi connectivity index (χ0) is 16.6. The third-order valence-electron chi connectivity index (χ3n) is 5.49. The molecule has 2 heterocycles. The van der Waals surface area contributed by atoms with Crippen molar-refractivity contribution in [3.05, 3.63) is 29.3 Å². The molecule has 1 aromatic carbocycles. The second-order valence-electron chi connectivity index (χ2n) is 6.84.